The summed E-state index contributed by atoms with van der Waals surface area (Å²) in [5, 5.41) is 7.28. The maximum atomic E-state index is 12.1. The maximum Gasteiger partial charge on any atom is 0.240 e. The zero-order chi connectivity index (χ0) is 17.6. The van der Waals surface area contributed by atoms with Gasteiger partial charge in [-0.05, 0) is 36.8 Å². The van der Waals surface area contributed by atoms with E-state index in [1.54, 1.807) is 12.3 Å². The molecule has 126 valence electrons. The molecule has 1 atom stereocenters. The summed E-state index contributed by atoms with van der Waals surface area (Å²) in [4.78, 5) is 16.6. The number of benzene rings is 1. The summed E-state index contributed by atoms with van der Waals surface area (Å²) < 4.78 is 5.43. The molecule has 3 heterocycles. The molecule has 0 aliphatic carbocycles. The van der Waals surface area contributed by atoms with Crippen LogP contribution < -0.4 is 0 Å². The number of carbonyl (C=O) groups excluding carboxylic acids is 1. The van der Waals surface area contributed by atoms with Crippen molar-refractivity contribution < 1.29 is 9.21 Å². The second-order valence-electron chi connectivity index (χ2n) is 6.17. The highest BCUT2D eigenvalue weighted by atomic mass is 35.5. The number of fused-ring (bicyclic) bond motifs is 1. The van der Waals surface area contributed by atoms with Gasteiger partial charge in [0.2, 0.25) is 5.91 Å². The Morgan fingerprint density at radius 1 is 1.32 bits per heavy atom. The lowest BCUT2D eigenvalue weighted by Crippen LogP contribution is -2.24. The van der Waals surface area contributed by atoms with Crippen LogP contribution in [-0.2, 0) is 4.79 Å². The van der Waals surface area contributed by atoms with E-state index >= 15 is 0 Å². The second kappa shape index (κ2) is 6.01. The summed E-state index contributed by atoms with van der Waals surface area (Å²) in [6.07, 6.45) is 2.13. The first-order valence-corrected chi connectivity index (χ1v) is 8.38. The fraction of sp³-hybridized carbons (Fsp3) is 0.211. The first kappa shape index (κ1) is 15.8. The number of carbonyl (C=O) groups is 1. The molecule has 0 unspecified atom stereocenters. The average Bonchev–Trinajstić information content (AvgIpc) is 3.23. The summed E-state index contributed by atoms with van der Waals surface area (Å²) >= 11 is 6.45. The Balaban J connectivity index is 1.78. The third-order valence-corrected chi connectivity index (χ3v) is 4.65. The Hall–Kier alpha value is -2.66. The number of furan rings is 1. The normalized spacial score (nSPS) is 17.2. The maximum absolute atomic E-state index is 12.1. The zero-order valence-corrected chi connectivity index (χ0v) is 14.6. The number of pyridine rings is 1. The van der Waals surface area contributed by atoms with Crippen molar-refractivity contribution in [3.05, 3.63) is 64.7 Å². The van der Waals surface area contributed by atoms with Crippen LogP contribution in [0.25, 0.3) is 10.9 Å². The molecule has 0 radical (unpaired) electrons. The molecule has 1 aliphatic heterocycles. The first-order chi connectivity index (χ1) is 12.0. The Bertz CT molecular complexity index is 995. The van der Waals surface area contributed by atoms with Crippen LogP contribution >= 0.6 is 11.6 Å². The molecular weight excluding hydrogens is 338 g/mol. The number of rotatable bonds is 2. The van der Waals surface area contributed by atoms with Crippen molar-refractivity contribution >= 4 is 34.1 Å². The number of amides is 1. The predicted octanol–water partition coefficient (Wildman–Crippen LogP) is 4.49. The lowest BCUT2D eigenvalue weighted by Gasteiger charge is -2.21. The molecule has 5 nitrogen and oxygen atoms in total. The zero-order valence-electron chi connectivity index (χ0n) is 13.9. The average molecular weight is 354 g/mol. The van der Waals surface area contributed by atoms with Crippen LogP contribution in [0.3, 0.4) is 0 Å². The minimum absolute atomic E-state index is 0.147. The highest BCUT2D eigenvalue weighted by Crippen LogP contribution is 2.37. The Morgan fingerprint density at radius 2 is 2.16 bits per heavy atom. The lowest BCUT2D eigenvalue weighted by atomic mass is 10.0. The standard InChI is InChI=1S/C19H16ClN3O2/c1-11-5-6-13-9-14(19(20)21-15(13)8-11)17-10-16(18-4-3-7-25-18)22-23(17)12(2)24/h3-9,17H,10H2,1-2H3/t17-/m0/s1. The van der Waals surface area contributed by atoms with E-state index in [4.69, 9.17) is 16.0 Å². The number of nitrogens with zero attached hydrogens (tertiary/aromatic N) is 3. The topological polar surface area (TPSA) is 58.7 Å². The molecule has 1 aliphatic rings. The van der Waals surface area contributed by atoms with Gasteiger partial charge in [-0.1, -0.05) is 23.7 Å². The van der Waals surface area contributed by atoms with E-state index in [1.165, 1.54) is 11.9 Å². The van der Waals surface area contributed by atoms with Gasteiger partial charge in [-0.3, -0.25) is 4.79 Å². The van der Waals surface area contributed by atoms with Gasteiger partial charge < -0.3 is 4.42 Å². The highest BCUT2D eigenvalue weighted by molar-refractivity contribution is 6.30. The van der Waals surface area contributed by atoms with Crippen molar-refractivity contribution in [2.75, 3.05) is 0 Å². The van der Waals surface area contributed by atoms with Crippen molar-refractivity contribution in [3.63, 3.8) is 0 Å². The smallest absolute Gasteiger partial charge is 0.240 e. The first-order valence-electron chi connectivity index (χ1n) is 8.01. The van der Waals surface area contributed by atoms with Crippen molar-refractivity contribution in [1.29, 1.82) is 0 Å². The quantitative estimate of drug-likeness (QED) is 0.638. The molecule has 0 saturated heterocycles. The third-order valence-electron chi connectivity index (χ3n) is 4.35. The molecule has 1 aromatic carbocycles. The van der Waals surface area contributed by atoms with Crippen LogP contribution in [0, 0.1) is 6.92 Å². The molecule has 0 fully saturated rings. The van der Waals surface area contributed by atoms with E-state index in [1.807, 2.05) is 37.3 Å². The van der Waals surface area contributed by atoms with E-state index in [0.717, 1.165) is 27.7 Å². The third kappa shape index (κ3) is 2.81. The number of halogens is 1. The molecular formula is C19H16ClN3O2. The Labute approximate surface area is 149 Å². The van der Waals surface area contributed by atoms with Crippen LogP contribution in [0.2, 0.25) is 5.15 Å². The van der Waals surface area contributed by atoms with Gasteiger partial charge in [0.25, 0.3) is 0 Å². The van der Waals surface area contributed by atoms with Crippen molar-refractivity contribution in [2.24, 2.45) is 5.10 Å². The Kier molecular flexibility index (Phi) is 3.81. The number of aryl methyl sites for hydroxylation is 1. The number of aromatic nitrogens is 1. The van der Waals surface area contributed by atoms with E-state index in [2.05, 4.69) is 10.1 Å². The summed E-state index contributed by atoms with van der Waals surface area (Å²) in [7, 11) is 0. The largest absolute Gasteiger partial charge is 0.463 e. The van der Waals surface area contributed by atoms with Crippen molar-refractivity contribution in [2.45, 2.75) is 26.3 Å². The van der Waals surface area contributed by atoms with E-state index < -0.39 is 0 Å². The van der Waals surface area contributed by atoms with Gasteiger partial charge in [0, 0.05) is 24.3 Å². The fourth-order valence-corrected chi connectivity index (χ4v) is 3.41. The second-order valence-corrected chi connectivity index (χ2v) is 6.53. The minimum Gasteiger partial charge on any atom is -0.463 e. The Morgan fingerprint density at radius 3 is 2.88 bits per heavy atom. The van der Waals surface area contributed by atoms with Crippen LogP contribution in [-0.4, -0.2) is 21.6 Å². The van der Waals surface area contributed by atoms with E-state index in [0.29, 0.717) is 17.3 Å². The number of hydrogen-bond donors (Lipinski definition) is 0. The highest BCUT2D eigenvalue weighted by Gasteiger charge is 2.34. The van der Waals surface area contributed by atoms with Crippen LogP contribution in [0.4, 0.5) is 0 Å². The molecule has 0 N–H and O–H groups in total. The van der Waals surface area contributed by atoms with Crippen LogP contribution in [0.5, 0.6) is 0 Å². The van der Waals surface area contributed by atoms with Gasteiger partial charge in [0.15, 0.2) is 0 Å². The monoisotopic (exact) mass is 353 g/mol. The van der Waals surface area contributed by atoms with Gasteiger partial charge in [-0.2, -0.15) is 5.10 Å². The van der Waals surface area contributed by atoms with Gasteiger partial charge in [-0.25, -0.2) is 9.99 Å². The molecule has 6 heteroatoms. The molecule has 0 spiro atoms. The molecule has 2 aromatic heterocycles. The summed E-state index contributed by atoms with van der Waals surface area (Å²) in [6.45, 7) is 3.51. The van der Waals surface area contributed by atoms with Gasteiger partial charge >= 0.3 is 0 Å². The molecule has 0 saturated carbocycles. The van der Waals surface area contributed by atoms with Gasteiger partial charge in [-0.15, -0.1) is 0 Å². The molecule has 3 aromatic rings. The molecule has 1 amide bonds. The van der Waals surface area contributed by atoms with E-state index in [-0.39, 0.29) is 11.9 Å². The number of hydrazone groups is 1. The summed E-state index contributed by atoms with van der Waals surface area (Å²) in [6, 6.07) is 11.4. The lowest BCUT2D eigenvalue weighted by molar-refractivity contribution is -0.130. The van der Waals surface area contributed by atoms with Crippen LogP contribution in [0.1, 0.15) is 36.3 Å². The van der Waals surface area contributed by atoms with Gasteiger partial charge in [0.1, 0.15) is 16.6 Å². The fourth-order valence-electron chi connectivity index (χ4n) is 3.14. The minimum atomic E-state index is -0.289. The molecule has 25 heavy (non-hydrogen) atoms. The summed E-state index contributed by atoms with van der Waals surface area (Å²) in [5.74, 6) is 0.515. The van der Waals surface area contributed by atoms with Crippen molar-refractivity contribution in [1.82, 2.24) is 9.99 Å². The predicted molar refractivity (Wildman–Crippen MR) is 96.6 cm³/mol. The number of hydrogen-bond acceptors (Lipinski definition) is 4. The van der Waals surface area contributed by atoms with Gasteiger partial charge in [0.05, 0.1) is 17.8 Å². The SMILES string of the molecule is CC(=O)N1N=C(c2ccco2)C[C@H]1c1cc2ccc(C)cc2nc1Cl. The summed E-state index contributed by atoms with van der Waals surface area (Å²) in [5.41, 5.74) is 3.48. The molecule has 4 rings (SSSR count). The van der Waals surface area contributed by atoms with Crippen molar-refractivity contribution in [3.8, 4) is 0 Å². The molecule has 0 bridgehead atoms. The van der Waals surface area contributed by atoms with E-state index in [9.17, 15) is 4.79 Å². The van der Waals surface area contributed by atoms with Crippen LogP contribution in [0.15, 0.2) is 52.2 Å².